The number of allylic oxidation sites excluding steroid dienone is 1. The van der Waals surface area contributed by atoms with E-state index in [0.717, 1.165) is 12.3 Å². The highest BCUT2D eigenvalue weighted by Gasteiger charge is 2.11. The molecule has 0 aliphatic heterocycles. The Bertz CT molecular complexity index is 271. The third kappa shape index (κ3) is 4.67. The second-order valence-electron chi connectivity index (χ2n) is 3.80. The quantitative estimate of drug-likeness (QED) is 0.296. The Kier molecular flexibility index (Phi) is 6.45. The summed E-state index contributed by atoms with van der Waals surface area (Å²) >= 11 is 5.87. The first-order chi connectivity index (χ1) is 7.38. The number of hydrogen-bond acceptors (Lipinski definition) is 0. The van der Waals surface area contributed by atoms with Crippen molar-refractivity contribution in [3.05, 3.63) is 43.0 Å². The second-order valence-corrected chi connectivity index (χ2v) is 7.40. The van der Waals surface area contributed by atoms with E-state index in [1.807, 2.05) is 6.08 Å². The third-order valence-corrected chi connectivity index (χ3v) is 6.69. The highest BCUT2D eigenvalue weighted by Crippen LogP contribution is 2.08. The molecule has 0 spiro atoms. The zero-order valence-corrected chi connectivity index (χ0v) is 11.1. The number of unbranched alkanes of at least 4 members (excludes halogenated alkanes) is 1. The Morgan fingerprint density at radius 2 is 1.93 bits per heavy atom. The van der Waals surface area contributed by atoms with Crippen LogP contribution < -0.4 is 5.19 Å². The van der Waals surface area contributed by atoms with Crippen molar-refractivity contribution in [2.45, 2.75) is 24.9 Å². The van der Waals surface area contributed by atoms with Crippen LogP contribution in [0.3, 0.4) is 0 Å². The van der Waals surface area contributed by atoms with Gasteiger partial charge in [-0.3, -0.25) is 0 Å². The average Bonchev–Trinajstić information content (AvgIpc) is 2.29. The van der Waals surface area contributed by atoms with Gasteiger partial charge in [-0.1, -0.05) is 54.1 Å². The van der Waals surface area contributed by atoms with E-state index in [2.05, 4.69) is 36.9 Å². The van der Waals surface area contributed by atoms with E-state index in [1.54, 1.807) is 5.19 Å². The molecule has 0 nitrogen and oxygen atoms in total. The minimum Gasteiger partial charge on any atom is -0.127 e. The molecule has 0 amide bonds. The predicted molar refractivity (Wildman–Crippen MR) is 73.0 cm³/mol. The molecule has 1 aromatic carbocycles. The normalized spacial score (nSPS) is 12.3. The Morgan fingerprint density at radius 1 is 1.20 bits per heavy atom. The minimum absolute atomic E-state index is 0.803. The van der Waals surface area contributed by atoms with Gasteiger partial charge in [-0.05, 0) is 12.5 Å². The first-order valence-corrected chi connectivity index (χ1v) is 8.34. The van der Waals surface area contributed by atoms with Crippen LogP contribution in [-0.4, -0.2) is 14.7 Å². The van der Waals surface area contributed by atoms with E-state index in [-0.39, 0.29) is 0 Å². The molecular formula is C13H19ClSi. The van der Waals surface area contributed by atoms with Crippen LogP contribution in [-0.2, 0) is 0 Å². The molecule has 0 saturated heterocycles. The van der Waals surface area contributed by atoms with Crippen molar-refractivity contribution in [2.24, 2.45) is 0 Å². The lowest BCUT2D eigenvalue weighted by Crippen LogP contribution is -2.29. The lowest BCUT2D eigenvalue weighted by molar-refractivity contribution is 0.944. The molecule has 2 heteroatoms. The first kappa shape index (κ1) is 12.5. The summed E-state index contributed by atoms with van der Waals surface area (Å²) < 4.78 is 0. The van der Waals surface area contributed by atoms with Gasteiger partial charge in [0.25, 0.3) is 0 Å². The second kappa shape index (κ2) is 7.72. The van der Waals surface area contributed by atoms with Crippen LogP contribution in [0.5, 0.6) is 0 Å². The van der Waals surface area contributed by atoms with Gasteiger partial charge >= 0.3 is 0 Å². The summed E-state index contributed by atoms with van der Waals surface area (Å²) in [7, 11) is -0.803. The van der Waals surface area contributed by atoms with Crippen molar-refractivity contribution in [3.8, 4) is 0 Å². The fourth-order valence-corrected chi connectivity index (χ4v) is 5.35. The van der Waals surface area contributed by atoms with E-state index < -0.39 is 8.80 Å². The lowest BCUT2D eigenvalue weighted by Gasteiger charge is -2.13. The Hall–Kier alpha value is -0.533. The monoisotopic (exact) mass is 238 g/mol. The van der Waals surface area contributed by atoms with Crippen LogP contribution in [0.25, 0.3) is 0 Å². The number of halogens is 1. The Morgan fingerprint density at radius 3 is 2.53 bits per heavy atom. The molecule has 1 aromatic rings. The number of rotatable bonds is 7. The maximum atomic E-state index is 5.87. The van der Waals surface area contributed by atoms with Gasteiger partial charge < -0.3 is 0 Å². The summed E-state index contributed by atoms with van der Waals surface area (Å²) in [6.07, 6.45) is 4.42. The molecule has 0 radical (unpaired) electrons. The summed E-state index contributed by atoms with van der Waals surface area (Å²) in [6.45, 7) is 3.77. The number of hydrogen-bond donors (Lipinski definition) is 0. The smallest absolute Gasteiger partial charge is 0.0720 e. The van der Waals surface area contributed by atoms with Crippen LogP contribution in [0.2, 0.25) is 12.1 Å². The highest BCUT2D eigenvalue weighted by molar-refractivity contribution is 6.73. The van der Waals surface area contributed by atoms with Crippen LogP contribution in [0, 0.1) is 0 Å². The van der Waals surface area contributed by atoms with E-state index in [1.165, 1.54) is 18.5 Å². The van der Waals surface area contributed by atoms with Gasteiger partial charge in [0.2, 0.25) is 0 Å². The average molecular weight is 239 g/mol. The molecule has 1 unspecified atom stereocenters. The van der Waals surface area contributed by atoms with E-state index >= 15 is 0 Å². The van der Waals surface area contributed by atoms with Crippen molar-refractivity contribution in [2.75, 3.05) is 5.88 Å². The molecule has 0 bridgehead atoms. The summed E-state index contributed by atoms with van der Waals surface area (Å²) in [5, 5.41) is 1.56. The molecule has 0 aliphatic carbocycles. The van der Waals surface area contributed by atoms with E-state index in [0.29, 0.717) is 0 Å². The SMILES string of the molecule is C=CCCC[SiH](CCCl)c1ccccc1. The van der Waals surface area contributed by atoms with Crippen LogP contribution in [0.4, 0.5) is 0 Å². The van der Waals surface area contributed by atoms with Gasteiger partial charge in [0.1, 0.15) is 0 Å². The largest absolute Gasteiger partial charge is 0.127 e. The molecule has 0 aliphatic rings. The molecule has 0 saturated carbocycles. The van der Waals surface area contributed by atoms with Gasteiger partial charge in [0.15, 0.2) is 0 Å². The van der Waals surface area contributed by atoms with Gasteiger partial charge in [-0.25, -0.2) is 0 Å². The zero-order chi connectivity index (χ0) is 10.9. The van der Waals surface area contributed by atoms with Gasteiger partial charge in [-0.15, -0.1) is 18.2 Å². The molecule has 0 N–H and O–H groups in total. The van der Waals surface area contributed by atoms with E-state index in [9.17, 15) is 0 Å². The molecule has 82 valence electrons. The van der Waals surface area contributed by atoms with E-state index in [4.69, 9.17) is 11.6 Å². The molecule has 1 atom stereocenters. The maximum absolute atomic E-state index is 5.87. The summed E-state index contributed by atoms with van der Waals surface area (Å²) in [6, 6.07) is 13.4. The van der Waals surface area contributed by atoms with Crippen molar-refractivity contribution in [1.82, 2.24) is 0 Å². The number of benzene rings is 1. The summed E-state index contributed by atoms with van der Waals surface area (Å²) in [4.78, 5) is 0. The number of alkyl halides is 1. The fourth-order valence-electron chi connectivity index (χ4n) is 1.84. The molecule has 1 rings (SSSR count). The molecule has 0 heterocycles. The Balaban J connectivity index is 2.53. The van der Waals surface area contributed by atoms with Crippen molar-refractivity contribution < 1.29 is 0 Å². The molecule has 15 heavy (non-hydrogen) atoms. The zero-order valence-electron chi connectivity index (χ0n) is 9.16. The molecular weight excluding hydrogens is 220 g/mol. The van der Waals surface area contributed by atoms with Gasteiger partial charge in [0, 0.05) is 5.88 Å². The summed E-state index contributed by atoms with van der Waals surface area (Å²) in [5.41, 5.74) is 0. The van der Waals surface area contributed by atoms with Crippen molar-refractivity contribution in [3.63, 3.8) is 0 Å². The third-order valence-electron chi connectivity index (χ3n) is 2.69. The summed E-state index contributed by atoms with van der Waals surface area (Å²) in [5.74, 6) is 0.805. The standard InChI is InChI=1S/C13H19ClSi/c1-2-3-7-11-15(12-10-14)13-8-5-4-6-9-13/h2,4-6,8-9,15H,1,3,7,10-12H2. The predicted octanol–water partition coefficient (Wildman–Crippen LogP) is 3.33. The highest BCUT2D eigenvalue weighted by atomic mass is 35.5. The van der Waals surface area contributed by atoms with Crippen molar-refractivity contribution in [1.29, 1.82) is 0 Å². The van der Waals surface area contributed by atoms with Crippen LogP contribution in [0.1, 0.15) is 12.8 Å². The topological polar surface area (TPSA) is 0 Å². The molecule has 0 fully saturated rings. The maximum Gasteiger partial charge on any atom is 0.0720 e. The van der Waals surface area contributed by atoms with Crippen LogP contribution in [0.15, 0.2) is 43.0 Å². The van der Waals surface area contributed by atoms with Gasteiger partial charge in [-0.2, -0.15) is 0 Å². The lowest BCUT2D eigenvalue weighted by atomic mass is 10.3. The van der Waals surface area contributed by atoms with Crippen LogP contribution >= 0.6 is 11.6 Å². The fraction of sp³-hybridized carbons (Fsp3) is 0.385. The van der Waals surface area contributed by atoms with Gasteiger partial charge in [0.05, 0.1) is 8.80 Å². The molecule has 0 aromatic heterocycles. The Labute approximate surface area is 99.6 Å². The van der Waals surface area contributed by atoms with Crippen molar-refractivity contribution >= 4 is 25.6 Å². The first-order valence-electron chi connectivity index (χ1n) is 5.60. The minimum atomic E-state index is -0.803.